The minimum Gasteiger partial charge on any atom is -0.507 e. The van der Waals surface area contributed by atoms with Crippen molar-refractivity contribution in [2.24, 2.45) is 0 Å². The number of hydrogen-bond acceptors (Lipinski definition) is 3. The average Bonchev–Trinajstić information content (AvgIpc) is 2.74. The predicted molar refractivity (Wildman–Crippen MR) is 132 cm³/mol. The molecule has 0 amide bonds. The fourth-order valence-electron chi connectivity index (χ4n) is 3.60. The summed E-state index contributed by atoms with van der Waals surface area (Å²) in [6.07, 6.45) is 6.14. The van der Waals surface area contributed by atoms with Gasteiger partial charge in [-0.25, -0.2) is 0 Å². The predicted octanol–water partition coefficient (Wildman–Crippen LogP) is 7.26. The highest BCUT2D eigenvalue weighted by molar-refractivity contribution is 5.81. The average molecular weight is 414 g/mol. The Morgan fingerprint density at radius 1 is 0.935 bits per heavy atom. The fourth-order valence-corrected chi connectivity index (χ4v) is 3.60. The SMILES string of the molecule is CCOc1ccc2c(c1)C(C)=CC(C)(C)N2.Oc1ccccc1C=Cc1ccccc1. The van der Waals surface area contributed by atoms with Crippen molar-refractivity contribution in [2.75, 3.05) is 11.9 Å². The van der Waals surface area contributed by atoms with Crippen LogP contribution in [0.4, 0.5) is 5.69 Å². The minimum absolute atomic E-state index is 0.0320. The lowest BCUT2D eigenvalue weighted by Crippen LogP contribution is -2.31. The molecule has 0 saturated heterocycles. The van der Waals surface area contributed by atoms with Gasteiger partial charge in [0.2, 0.25) is 0 Å². The maximum atomic E-state index is 9.54. The number of anilines is 1. The summed E-state index contributed by atoms with van der Waals surface area (Å²) in [5, 5.41) is 13.0. The molecule has 0 bridgehead atoms. The molecule has 160 valence electrons. The van der Waals surface area contributed by atoms with Crippen LogP contribution in [-0.2, 0) is 0 Å². The molecule has 1 aliphatic rings. The van der Waals surface area contributed by atoms with Gasteiger partial charge in [0.15, 0.2) is 0 Å². The summed E-state index contributed by atoms with van der Waals surface area (Å²) in [4.78, 5) is 0. The monoisotopic (exact) mass is 413 g/mol. The molecule has 0 spiro atoms. The van der Waals surface area contributed by atoms with Crippen molar-refractivity contribution in [3.63, 3.8) is 0 Å². The molecule has 31 heavy (non-hydrogen) atoms. The quantitative estimate of drug-likeness (QED) is 0.442. The molecule has 0 unspecified atom stereocenters. The van der Waals surface area contributed by atoms with Crippen molar-refractivity contribution in [3.05, 3.63) is 95.6 Å². The number of hydrogen-bond donors (Lipinski definition) is 2. The van der Waals surface area contributed by atoms with Gasteiger partial charge in [-0.3, -0.25) is 0 Å². The van der Waals surface area contributed by atoms with Crippen molar-refractivity contribution in [2.45, 2.75) is 33.2 Å². The molecule has 3 nitrogen and oxygen atoms in total. The van der Waals surface area contributed by atoms with E-state index in [1.165, 1.54) is 16.8 Å². The third-order valence-corrected chi connectivity index (χ3v) is 4.95. The smallest absolute Gasteiger partial charge is 0.122 e. The number of allylic oxidation sites excluding steroid dienone is 1. The maximum absolute atomic E-state index is 9.54. The van der Waals surface area contributed by atoms with E-state index in [1.54, 1.807) is 6.07 Å². The second-order valence-corrected chi connectivity index (χ2v) is 8.12. The van der Waals surface area contributed by atoms with Crippen molar-refractivity contribution < 1.29 is 9.84 Å². The van der Waals surface area contributed by atoms with Crippen LogP contribution in [0.3, 0.4) is 0 Å². The van der Waals surface area contributed by atoms with Gasteiger partial charge in [0.1, 0.15) is 11.5 Å². The number of rotatable bonds is 4. The Morgan fingerprint density at radius 2 is 1.65 bits per heavy atom. The van der Waals surface area contributed by atoms with E-state index in [2.05, 4.69) is 44.3 Å². The fraction of sp³-hybridized carbons (Fsp3) is 0.214. The number of phenolic OH excluding ortho intramolecular Hbond substituents is 1. The first-order chi connectivity index (χ1) is 14.9. The summed E-state index contributed by atoms with van der Waals surface area (Å²) >= 11 is 0. The molecule has 0 radical (unpaired) electrons. The van der Waals surface area contributed by atoms with Gasteiger partial charge >= 0.3 is 0 Å². The van der Waals surface area contributed by atoms with Crippen molar-refractivity contribution >= 4 is 23.4 Å². The molecule has 1 heterocycles. The van der Waals surface area contributed by atoms with Crippen LogP contribution in [0.25, 0.3) is 17.7 Å². The second kappa shape index (κ2) is 10.0. The number of para-hydroxylation sites is 1. The number of benzene rings is 3. The highest BCUT2D eigenvalue weighted by Crippen LogP contribution is 2.35. The number of aromatic hydroxyl groups is 1. The third kappa shape index (κ3) is 6.26. The summed E-state index contributed by atoms with van der Waals surface area (Å²) in [6, 6.07) is 23.5. The van der Waals surface area contributed by atoms with E-state index in [0.29, 0.717) is 12.4 Å². The minimum atomic E-state index is 0.0320. The molecular formula is C28H31NO2. The van der Waals surface area contributed by atoms with Crippen LogP contribution in [0, 0.1) is 0 Å². The summed E-state index contributed by atoms with van der Waals surface area (Å²) in [6.45, 7) is 9.22. The highest BCUT2D eigenvalue weighted by atomic mass is 16.5. The van der Waals surface area contributed by atoms with Crippen LogP contribution < -0.4 is 10.1 Å². The normalized spacial score (nSPS) is 14.0. The van der Waals surface area contributed by atoms with E-state index < -0.39 is 0 Å². The summed E-state index contributed by atoms with van der Waals surface area (Å²) < 4.78 is 5.52. The second-order valence-electron chi connectivity index (χ2n) is 8.12. The Bertz CT molecular complexity index is 1070. The zero-order valence-corrected chi connectivity index (χ0v) is 18.7. The summed E-state index contributed by atoms with van der Waals surface area (Å²) in [5.41, 5.74) is 5.73. The first kappa shape index (κ1) is 22.2. The summed E-state index contributed by atoms with van der Waals surface area (Å²) in [5.74, 6) is 1.25. The van der Waals surface area contributed by atoms with E-state index >= 15 is 0 Å². The first-order valence-corrected chi connectivity index (χ1v) is 10.6. The molecule has 3 aromatic rings. The Kier molecular flexibility index (Phi) is 7.19. The lowest BCUT2D eigenvalue weighted by molar-refractivity contribution is 0.340. The molecule has 0 saturated carbocycles. The lowest BCUT2D eigenvalue weighted by atomic mass is 9.91. The van der Waals surface area contributed by atoms with Gasteiger partial charge in [0.25, 0.3) is 0 Å². The van der Waals surface area contributed by atoms with Crippen LogP contribution in [-0.4, -0.2) is 17.3 Å². The van der Waals surface area contributed by atoms with Gasteiger partial charge in [0, 0.05) is 16.8 Å². The zero-order chi connectivity index (χ0) is 22.3. The lowest BCUT2D eigenvalue weighted by Gasteiger charge is -2.31. The molecule has 0 aliphatic carbocycles. The third-order valence-electron chi connectivity index (χ3n) is 4.95. The molecule has 0 aromatic heterocycles. The maximum Gasteiger partial charge on any atom is 0.122 e. The first-order valence-electron chi connectivity index (χ1n) is 10.6. The van der Waals surface area contributed by atoms with Crippen molar-refractivity contribution in [3.8, 4) is 11.5 Å². The number of ether oxygens (including phenoxy) is 1. The topological polar surface area (TPSA) is 41.5 Å². The zero-order valence-electron chi connectivity index (χ0n) is 18.7. The van der Waals surface area contributed by atoms with E-state index in [4.69, 9.17) is 4.74 Å². The molecule has 2 N–H and O–H groups in total. The molecule has 3 heteroatoms. The number of fused-ring (bicyclic) bond motifs is 1. The standard InChI is InChI=1S/C14H19NO.C14H12O/c1-5-16-11-6-7-13-12(8-11)10(2)9-14(3,4)15-13;15-14-9-5-4-8-13(14)11-10-12-6-2-1-3-7-12/h6-9,15H,5H2,1-4H3;1-11,15H. The highest BCUT2D eigenvalue weighted by Gasteiger charge is 2.22. The number of phenols is 1. The van der Waals surface area contributed by atoms with E-state index in [9.17, 15) is 5.11 Å². The van der Waals surface area contributed by atoms with Gasteiger partial charge in [-0.1, -0.05) is 66.8 Å². The molecular weight excluding hydrogens is 382 g/mol. The molecule has 4 rings (SSSR count). The van der Waals surface area contributed by atoms with Crippen LogP contribution in [0.2, 0.25) is 0 Å². The van der Waals surface area contributed by atoms with Crippen molar-refractivity contribution in [1.82, 2.24) is 0 Å². The van der Waals surface area contributed by atoms with Crippen LogP contribution in [0.15, 0.2) is 78.9 Å². The van der Waals surface area contributed by atoms with Crippen molar-refractivity contribution in [1.29, 1.82) is 0 Å². The largest absolute Gasteiger partial charge is 0.507 e. The Labute approximate surface area is 185 Å². The van der Waals surface area contributed by atoms with Gasteiger partial charge in [-0.2, -0.15) is 0 Å². The van der Waals surface area contributed by atoms with Gasteiger partial charge in [-0.15, -0.1) is 0 Å². The molecule has 1 aliphatic heterocycles. The van der Waals surface area contributed by atoms with Crippen LogP contribution in [0.1, 0.15) is 44.4 Å². The molecule has 0 fully saturated rings. The number of nitrogens with one attached hydrogen (secondary N) is 1. The summed E-state index contributed by atoms with van der Waals surface area (Å²) in [7, 11) is 0. The Morgan fingerprint density at radius 3 is 2.35 bits per heavy atom. The Hall–Kier alpha value is -3.46. The van der Waals surface area contributed by atoms with E-state index in [-0.39, 0.29) is 5.54 Å². The Balaban J connectivity index is 0.000000176. The van der Waals surface area contributed by atoms with E-state index in [1.807, 2.05) is 73.7 Å². The van der Waals surface area contributed by atoms with Gasteiger partial charge in [-0.05, 0) is 63.1 Å². The van der Waals surface area contributed by atoms with Crippen LogP contribution >= 0.6 is 0 Å². The van der Waals surface area contributed by atoms with Gasteiger partial charge in [0.05, 0.1) is 12.1 Å². The van der Waals surface area contributed by atoms with Gasteiger partial charge < -0.3 is 15.2 Å². The molecule has 0 atom stereocenters. The molecule has 3 aromatic carbocycles. The van der Waals surface area contributed by atoms with E-state index in [0.717, 1.165) is 16.9 Å². The van der Waals surface area contributed by atoms with Crippen LogP contribution in [0.5, 0.6) is 11.5 Å².